The summed E-state index contributed by atoms with van der Waals surface area (Å²) in [4.78, 5) is 15.7. The van der Waals surface area contributed by atoms with Gasteiger partial charge in [-0.25, -0.2) is 4.98 Å². The Hall–Kier alpha value is -0.360. The van der Waals surface area contributed by atoms with Gasteiger partial charge in [-0.05, 0) is 18.8 Å². The van der Waals surface area contributed by atoms with Crippen molar-refractivity contribution in [3.63, 3.8) is 0 Å². The third kappa shape index (κ3) is 3.55. The molecule has 94 valence electrons. The molecular weight excluding hydrogens is 283 g/mol. The summed E-state index contributed by atoms with van der Waals surface area (Å²) in [5, 5.41) is 2.80. The fraction of sp³-hybridized carbons (Fsp3) is 0.600. The highest BCUT2D eigenvalue weighted by atomic mass is 35.5. The van der Waals surface area contributed by atoms with Gasteiger partial charge in [0.05, 0.1) is 6.61 Å². The van der Waals surface area contributed by atoms with Crippen LogP contribution in [0.2, 0.25) is 8.80 Å². The normalized spacial score (nSPS) is 20.2. The predicted octanol–water partition coefficient (Wildman–Crippen LogP) is 2.61. The van der Waals surface area contributed by atoms with E-state index in [1.165, 1.54) is 0 Å². The fourth-order valence-corrected chi connectivity index (χ4v) is 3.01. The van der Waals surface area contributed by atoms with Gasteiger partial charge >= 0.3 is 0 Å². The maximum absolute atomic E-state index is 11.8. The summed E-state index contributed by atoms with van der Waals surface area (Å²) in [5.74, 6) is 0.101. The van der Waals surface area contributed by atoms with Crippen molar-refractivity contribution in [2.45, 2.75) is 12.8 Å². The molecule has 0 bridgehead atoms. The van der Waals surface area contributed by atoms with Crippen LogP contribution in [0.25, 0.3) is 0 Å². The monoisotopic (exact) mass is 294 g/mol. The van der Waals surface area contributed by atoms with Crippen LogP contribution in [0.15, 0.2) is 0 Å². The minimum absolute atomic E-state index is 0.207. The zero-order valence-electron chi connectivity index (χ0n) is 9.04. The van der Waals surface area contributed by atoms with Crippen molar-refractivity contribution in [3.8, 4) is 0 Å². The van der Waals surface area contributed by atoms with Crippen molar-refractivity contribution in [2.75, 3.05) is 19.8 Å². The van der Waals surface area contributed by atoms with Gasteiger partial charge in [0.2, 0.25) is 0 Å². The number of carbonyl (C=O) groups excluding carboxylic acids is 1. The first kappa shape index (κ1) is 13.1. The highest BCUT2D eigenvalue weighted by Gasteiger charge is 2.19. The Balaban J connectivity index is 1.86. The molecule has 0 saturated carbocycles. The summed E-state index contributed by atoms with van der Waals surface area (Å²) in [6.45, 7) is 2.11. The molecule has 1 fully saturated rings. The molecular formula is C10H12Cl2N2O2S. The van der Waals surface area contributed by atoms with Gasteiger partial charge in [0.1, 0.15) is 4.34 Å². The van der Waals surface area contributed by atoms with Gasteiger partial charge in [0.15, 0.2) is 10.2 Å². The first-order valence-corrected chi connectivity index (χ1v) is 6.92. The second-order valence-electron chi connectivity index (χ2n) is 3.88. The predicted molar refractivity (Wildman–Crippen MR) is 68.0 cm³/mol. The van der Waals surface area contributed by atoms with Crippen LogP contribution in [-0.4, -0.2) is 30.6 Å². The van der Waals surface area contributed by atoms with Crippen LogP contribution >= 0.6 is 34.5 Å². The fourth-order valence-electron chi connectivity index (χ4n) is 1.71. The standard InChI is InChI=1S/C10H12Cl2N2O2S/c11-8-7(14-10(12)17-8)9(15)13-4-6-2-1-3-16-5-6/h6H,1-5H2,(H,13,15)/t6-/m0/s1. The molecule has 17 heavy (non-hydrogen) atoms. The van der Waals surface area contributed by atoms with E-state index in [0.717, 1.165) is 30.8 Å². The number of carbonyl (C=O) groups is 1. The molecule has 2 rings (SSSR count). The van der Waals surface area contributed by atoms with E-state index in [0.29, 0.717) is 23.4 Å². The topological polar surface area (TPSA) is 51.2 Å². The molecule has 0 radical (unpaired) electrons. The van der Waals surface area contributed by atoms with E-state index in [4.69, 9.17) is 27.9 Å². The Morgan fingerprint density at radius 1 is 1.59 bits per heavy atom. The Morgan fingerprint density at radius 3 is 3.00 bits per heavy atom. The molecule has 7 heteroatoms. The van der Waals surface area contributed by atoms with Crippen LogP contribution in [0.3, 0.4) is 0 Å². The van der Waals surface area contributed by atoms with Gasteiger partial charge in [-0.1, -0.05) is 34.5 Å². The molecule has 1 amide bonds. The Morgan fingerprint density at radius 2 is 2.41 bits per heavy atom. The quantitative estimate of drug-likeness (QED) is 0.932. The van der Waals surface area contributed by atoms with E-state index in [9.17, 15) is 4.79 Å². The maximum atomic E-state index is 11.8. The highest BCUT2D eigenvalue weighted by molar-refractivity contribution is 7.19. The number of ether oxygens (including phenoxy) is 1. The molecule has 0 unspecified atom stereocenters. The minimum Gasteiger partial charge on any atom is -0.381 e. The van der Waals surface area contributed by atoms with Crippen LogP contribution in [0.4, 0.5) is 0 Å². The average molecular weight is 295 g/mol. The van der Waals surface area contributed by atoms with Crippen LogP contribution in [0.5, 0.6) is 0 Å². The van der Waals surface area contributed by atoms with Crippen LogP contribution < -0.4 is 5.32 Å². The number of rotatable bonds is 3. The van der Waals surface area contributed by atoms with Gasteiger partial charge in [-0.15, -0.1) is 0 Å². The number of aromatic nitrogens is 1. The molecule has 1 atom stereocenters. The maximum Gasteiger partial charge on any atom is 0.272 e. The van der Waals surface area contributed by atoms with Gasteiger partial charge < -0.3 is 10.1 Å². The van der Waals surface area contributed by atoms with E-state index in [1.54, 1.807) is 0 Å². The Labute approximate surface area is 113 Å². The molecule has 0 aromatic carbocycles. The number of nitrogens with zero attached hydrogens (tertiary/aromatic N) is 1. The van der Waals surface area contributed by atoms with Crippen molar-refractivity contribution in [2.24, 2.45) is 5.92 Å². The van der Waals surface area contributed by atoms with Crippen molar-refractivity contribution in [3.05, 3.63) is 14.5 Å². The van der Waals surface area contributed by atoms with Gasteiger partial charge in [0, 0.05) is 13.2 Å². The second kappa shape index (κ2) is 6.00. The van der Waals surface area contributed by atoms with Crippen molar-refractivity contribution >= 4 is 40.4 Å². The van der Waals surface area contributed by atoms with Crippen molar-refractivity contribution < 1.29 is 9.53 Å². The molecule has 2 heterocycles. The van der Waals surface area contributed by atoms with Gasteiger partial charge in [-0.2, -0.15) is 0 Å². The molecule has 1 N–H and O–H groups in total. The Kier molecular flexibility index (Phi) is 4.62. The molecule has 1 aliphatic heterocycles. The SMILES string of the molecule is O=C(NC[C@@H]1CCCOC1)c1nc(Cl)sc1Cl. The van der Waals surface area contributed by atoms with Gasteiger partial charge in [0.25, 0.3) is 5.91 Å². The lowest BCUT2D eigenvalue weighted by molar-refractivity contribution is 0.0536. The summed E-state index contributed by atoms with van der Waals surface area (Å²) < 4.78 is 5.94. The van der Waals surface area contributed by atoms with Crippen LogP contribution in [-0.2, 0) is 4.74 Å². The number of hydrogen-bond donors (Lipinski definition) is 1. The zero-order chi connectivity index (χ0) is 12.3. The van der Waals surface area contributed by atoms with Crippen LogP contribution in [0.1, 0.15) is 23.3 Å². The van der Waals surface area contributed by atoms with E-state index >= 15 is 0 Å². The molecule has 1 aliphatic rings. The average Bonchev–Trinajstić information content (AvgIpc) is 2.67. The first-order valence-electron chi connectivity index (χ1n) is 5.34. The van der Waals surface area contributed by atoms with Crippen LogP contribution in [0, 0.1) is 5.92 Å². The number of thiazole rings is 1. The number of halogens is 2. The molecule has 1 saturated heterocycles. The van der Waals surface area contributed by atoms with Crippen molar-refractivity contribution in [1.82, 2.24) is 10.3 Å². The third-order valence-electron chi connectivity index (χ3n) is 2.58. The number of amides is 1. The smallest absolute Gasteiger partial charge is 0.272 e. The number of hydrogen-bond acceptors (Lipinski definition) is 4. The van der Waals surface area contributed by atoms with E-state index in [-0.39, 0.29) is 16.1 Å². The van der Waals surface area contributed by atoms with E-state index in [2.05, 4.69) is 10.3 Å². The second-order valence-corrected chi connectivity index (χ2v) is 6.07. The lowest BCUT2D eigenvalue weighted by atomic mass is 10.0. The zero-order valence-corrected chi connectivity index (χ0v) is 11.4. The minimum atomic E-state index is -0.274. The number of nitrogens with one attached hydrogen (secondary N) is 1. The summed E-state index contributed by atoms with van der Waals surface area (Å²) in [6, 6.07) is 0. The Bertz CT molecular complexity index is 405. The summed E-state index contributed by atoms with van der Waals surface area (Å²) in [6.07, 6.45) is 2.12. The molecule has 0 spiro atoms. The summed E-state index contributed by atoms with van der Waals surface area (Å²) in [5.41, 5.74) is 0.207. The third-order valence-corrected chi connectivity index (χ3v) is 3.94. The lowest BCUT2D eigenvalue weighted by Crippen LogP contribution is -2.33. The lowest BCUT2D eigenvalue weighted by Gasteiger charge is -2.21. The van der Waals surface area contributed by atoms with Gasteiger partial charge in [-0.3, -0.25) is 4.79 Å². The highest BCUT2D eigenvalue weighted by Crippen LogP contribution is 2.27. The van der Waals surface area contributed by atoms with Crippen molar-refractivity contribution in [1.29, 1.82) is 0 Å². The largest absolute Gasteiger partial charge is 0.381 e. The molecule has 4 nitrogen and oxygen atoms in total. The first-order chi connectivity index (χ1) is 8.16. The van der Waals surface area contributed by atoms with E-state index in [1.807, 2.05) is 0 Å². The molecule has 1 aromatic rings. The summed E-state index contributed by atoms with van der Waals surface area (Å²) >= 11 is 12.6. The van der Waals surface area contributed by atoms with E-state index < -0.39 is 0 Å². The molecule has 0 aliphatic carbocycles. The molecule has 1 aromatic heterocycles. The summed E-state index contributed by atoms with van der Waals surface area (Å²) in [7, 11) is 0.